The smallest absolute Gasteiger partial charge is 0.332 e. The van der Waals surface area contributed by atoms with E-state index < -0.39 is 11.7 Å². The summed E-state index contributed by atoms with van der Waals surface area (Å²) in [5.74, 6) is 0.462. The number of para-hydroxylation sites is 1. The molecule has 0 radical (unpaired) electrons. The highest BCUT2D eigenvalue weighted by molar-refractivity contribution is 5.62. The van der Waals surface area contributed by atoms with Crippen molar-refractivity contribution < 1.29 is 17.7 Å². The van der Waals surface area contributed by atoms with E-state index in [1.54, 1.807) is 6.92 Å². The van der Waals surface area contributed by atoms with Crippen LogP contribution in [0.25, 0.3) is 28.7 Å². The summed E-state index contributed by atoms with van der Waals surface area (Å²) in [6.45, 7) is 3.51. The van der Waals surface area contributed by atoms with Gasteiger partial charge >= 0.3 is 6.18 Å². The summed E-state index contributed by atoms with van der Waals surface area (Å²) >= 11 is 0. The summed E-state index contributed by atoms with van der Waals surface area (Å²) < 4.78 is 46.4. The monoisotopic (exact) mass is 385 g/mol. The molecule has 4 aromatic rings. The molecule has 0 bridgehead atoms. The van der Waals surface area contributed by atoms with Gasteiger partial charge in [-0.3, -0.25) is 0 Å². The molecule has 0 atom stereocenters. The Bertz CT molecular complexity index is 1150. The lowest BCUT2D eigenvalue weighted by molar-refractivity contribution is -0.137. The molecule has 0 spiro atoms. The first-order chi connectivity index (χ1) is 13.4. The summed E-state index contributed by atoms with van der Waals surface area (Å²) in [6, 6.07) is 12.7. The maximum atomic E-state index is 13.3. The summed E-state index contributed by atoms with van der Waals surface area (Å²) in [5.41, 5.74) is 1.42. The third-order valence-corrected chi connectivity index (χ3v) is 4.35. The second kappa shape index (κ2) is 6.59. The normalized spacial score (nSPS) is 11.8. The Balaban J connectivity index is 1.77. The van der Waals surface area contributed by atoms with Crippen molar-refractivity contribution in [2.24, 2.45) is 0 Å². The fourth-order valence-corrected chi connectivity index (χ4v) is 2.91. The van der Waals surface area contributed by atoms with Crippen LogP contribution in [0.2, 0.25) is 0 Å². The first kappa shape index (κ1) is 17.9. The Morgan fingerprint density at radius 3 is 2.43 bits per heavy atom. The SMILES string of the molecule is Cc1ccccc1-c1noc(-c2nnn(-c3ccccc3C(F)(F)F)c2C)n1. The van der Waals surface area contributed by atoms with Gasteiger partial charge in [0.25, 0.3) is 5.89 Å². The van der Waals surface area contributed by atoms with Crippen LogP contribution >= 0.6 is 0 Å². The van der Waals surface area contributed by atoms with Crippen LogP contribution < -0.4 is 0 Å². The maximum Gasteiger partial charge on any atom is 0.418 e. The number of aryl methyl sites for hydroxylation is 1. The highest BCUT2D eigenvalue weighted by Gasteiger charge is 2.34. The quantitative estimate of drug-likeness (QED) is 0.515. The van der Waals surface area contributed by atoms with Crippen molar-refractivity contribution in [3.05, 3.63) is 65.4 Å². The standard InChI is InChI=1S/C19H14F3N5O/c1-11-7-3-4-8-13(11)17-23-18(28-25-17)16-12(2)27(26-24-16)15-10-6-5-9-14(15)19(20,21)22/h3-10H,1-2H3. The Kier molecular flexibility index (Phi) is 4.21. The second-order valence-electron chi connectivity index (χ2n) is 6.19. The molecule has 6 nitrogen and oxygen atoms in total. The highest BCUT2D eigenvalue weighted by Crippen LogP contribution is 2.34. The Hall–Kier alpha value is -3.49. The molecular weight excluding hydrogens is 371 g/mol. The average Bonchev–Trinajstić information content (AvgIpc) is 3.28. The van der Waals surface area contributed by atoms with Crippen molar-refractivity contribution in [2.45, 2.75) is 20.0 Å². The molecule has 0 unspecified atom stereocenters. The van der Waals surface area contributed by atoms with Gasteiger partial charge in [0.1, 0.15) is 0 Å². The van der Waals surface area contributed by atoms with Gasteiger partial charge in [-0.05, 0) is 31.5 Å². The van der Waals surface area contributed by atoms with Crippen LogP contribution in [0.1, 0.15) is 16.8 Å². The molecule has 4 rings (SSSR count). The number of hydrogen-bond donors (Lipinski definition) is 0. The molecule has 2 aromatic heterocycles. The molecule has 0 aliphatic heterocycles. The minimum Gasteiger partial charge on any atom is -0.332 e. The van der Waals surface area contributed by atoms with E-state index in [9.17, 15) is 13.2 Å². The molecule has 0 saturated carbocycles. The number of nitrogens with zero attached hydrogens (tertiary/aromatic N) is 5. The van der Waals surface area contributed by atoms with Crippen LogP contribution in [0.5, 0.6) is 0 Å². The summed E-state index contributed by atoms with van der Waals surface area (Å²) in [5, 5.41) is 11.8. The summed E-state index contributed by atoms with van der Waals surface area (Å²) in [7, 11) is 0. The second-order valence-corrected chi connectivity index (χ2v) is 6.19. The lowest BCUT2D eigenvalue weighted by atomic mass is 10.1. The van der Waals surface area contributed by atoms with Crippen LogP contribution in [-0.2, 0) is 6.18 Å². The van der Waals surface area contributed by atoms with E-state index >= 15 is 0 Å². The maximum absolute atomic E-state index is 13.3. The number of benzene rings is 2. The third-order valence-electron chi connectivity index (χ3n) is 4.35. The van der Waals surface area contributed by atoms with Crippen LogP contribution in [-0.4, -0.2) is 25.1 Å². The van der Waals surface area contributed by atoms with E-state index in [1.807, 2.05) is 31.2 Å². The predicted octanol–water partition coefficient (Wildman–Crippen LogP) is 4.62. The van der Waals surface area contributed by atoms with Crippen molar-refractivity contribution in [3.63, 3.8) is 0 Å². The van der Waals surface area contributed by atoms with Gasteiger partial charge in [0, 0.05) is 5.56 Å². The van der Waals surface area contributed by atoms with Gasteiger partial charge in [-0.2, -0.15) is 18.2 Å². The molecule has 0 saturated heterocycles. The molecule has 0 amide bonds. The minimum absolute atomic E-state index is 0.0893. The van der Waals surface area contributed by atoms with Crippen LogP contribution in [0.15, 0.2) is 53.1 Å². The number of alkyl halides is 3. The van der Waals surface area contributed by atoms with Crippen molar-refractivity contribution in [1.29, 1.82) is 0 Å². The molecule has 2 aromatic carbocycles. The molecule has 0 aliphatic rings. The molecule has 9 heteroatoms. The molecule has 0 aliphatic carbocycles. The van der Waals surface area contributed by atoms with Crippen molar-refractivity contribution in [3.8, 4) is 28.7 Å². The van der Waals surface area contributed by atoms with Gasteiger partial charge < -0.3 is 4.52 Å². The average molecular weight is 385 g/mol. The van der Waals surface area contributed by atoms with Gasteiger partial charge in [0.2, 0.25) is 5.82 Å². The minimum atomic E-state index is -4.52. The van der Waals surface area contributed by atoms with Gasteiger partial charge in [0.05, 0.1) is 16.9 Å². The van der Waals surface area contributed by atoms with E-state index in [1.165, 1.54) is 18.2 Å². The zero-order valence-electron chi connectivity index (χ0n) is 14.9. The first-order valence-electron chi connectivity index (χ1n) is 8.35. The summed E-state index contributed by atoms with van der Waals surface area (Å²) in [4.78, 5) is 4.33. The van der Waals surface area contributed by atoms with Gasteiger partial charge in [-0.15, -0.1) is 5.10 Å². The van der Waals surface area contributed by atoms with Gasteiger partial charge in [-0.25, -0.2) is 4.68 Å². The lowest BCUT2D eigenvalue weighted by Crippen LogP contribution is -2.12. The zero-order valence-corrected chi connectivity index (χ0v) is 14.9. The van der Waals surface area contributed by atoms with E-state index in [-0.39, 0.29) is 17.3 Å². The van der Waals surface area contributed by atoms with Gasteiger partial charge in [0.15, 0.2) is 5.69 Å². The number of aromatic nitrogens is 5. The number of hydrogen-bond acceptors (Lipinski definition) is 5. The van der Waals surface area contributed by atoms with E-state index in [2.05, 4.69) is 20.5 Å². The molecule has 28 heavy (non-hydrogen) atoms. The topological polar surface area (TPSA) is 69.6 Å². The zero-order chi connectivity index (χ0) is 19.9. The fraction of sp³-hybridized carbons (Fsp3) is 0.158. The Morgan fingerprint density at radius 2 is 1.68 bits per heavy atom. The third kappa shape index (κ3) is 3.04. The van der Waals surface area contributed by atoms with E-state index in [4.69, 9.17) is 4.52 Å². The van der Waals surface area contributed by atoms with E-state index in [0.717, 1.165) is 21.9 Å². The fourth-order valence-electron chi connectivity index (χ4n) is 2.91. The van der Waals surface area contributed by atoms with Crippen LogP contribution in [0.4, 0.5) is 13.2 Å². The Morgan fingerprint density at radius 1 is 0.964 bits per heavy atom. The van der Waals surface area contributed by atoms with Crippen molar-refractivity contribution >= 4 is 0 Å². The lowest BCUT2D eigenvalue weighted by Gasteiger charge is -2.12. The highest BCUT2D eigenvalue weighted by atomic mass is 19.4. The van der Waals surface area contributed by atoms with Crippen molar-refractivity contribution in [2.75, 3.05) is 0 Å². The van der Waals surface area contributed by atoms with Crippen LogP contribution in [0, 0.1) is 13.8 Å². The number of halogens is 3. The largest absolute Gasteiger partial charge is 0.418 e. The summed E-state index contributed by atoms with van der Waals surface area (Å²) in [6.07, 6.45) is -4.52. The molecular formula is C19H14F3N5O. The van der Waals surface area contributed by atoms with E-state index in [0.29, 0.717) is 11.5 Å². The van der Waals surface area contributed by atoms with Crippen LogP contribution in [0.3, 0.4) is 0 Å². The first-order valence-corrected chi connectivity index (χ1v) is 8.35. The Labute approximate surface area is 157 Å². The molecule has 0 fully saturated rings. The molecule has 2 heterocycles. The number of rotatable bonds is 3. The molecule has 142 valence electrons. The van der Waals surface area contributed by atoms with Gasteiger partial charge in [-0.1, -0.05) is 46.8 Å². The predicted molar refractivity (Wildman–Crippen MR) is 94.6 cm³/mol. The van der Waals surface area contributed by atoms with Crippen molar-refractivity contribution in [1.82, 2.24) is 25.1 Å². The molecule has 0 N–H and O–H groups in total.